The number of aromatic nitrogens is 1. The van der Waals surface area contributed by atoms with Gasteiger partial charge in [-0.1, -0.05) is 53.3 Å². The van der Waals surface area contributed by atoms with Gasteiger partial charge in [0.05, 0.1) is 38.8 Å². The summed E-state index contributed by atoms with van der Waals surface area (Å²) in [6.07, 6.45) is -4.75. The molecule has 0 radical (unpaired) electrons. The normalized spacial score (nSPS) is 12.6. The number of nitrogens with zero attached hydrogens (tertiary/aromatic N) is 3. The molecule has 0 fully saturated rings. The number of benzene rings is 2. The Balaban J connectivity index is 1.53. The number of para-hydroxylation sites is 1. The molecule has 11 heteroatoms. The Bertz CT molecular complexity index is 1520. The van der Waals surface area contributed by atoms with E-state index >= 15 is 0 Å². The maximum atomic E-state index is 13.8. The van der Waals surface area contributed by atoms with Crippen LogP contribution in [-0.2, 0) is 11.0 Å². The first-order valence-electron chi connectivity index (χ1n) is 10.3. The van der Waals surface area contributed by atoms with Gasteiger partial charge in [0, 0.05) is 14.8 Å². The fraction of sp³-hybridized carbons (Fsp3) is 0.0800. The number of alkyl halides is 3. The van der Waals surface area contributed by atoms with Gasteiger partial charge >= 0.3 is 6.18 Å². The number of hydrogen-bond donors (Lipinski definition) is 0. The van der Waals surface area contributed by atoms with Crippen LogP contribution >= 0.6 is 46.5 Å². The first-order valence-corrected chi connectivity index (χ1v) is 13.4. The summed E-state index contributed by atoms with van der Waals surface area (Å²) in [6, 6.07) is 18.5. The van der Waals surface area contributed by atoms with Crippen LogP contribution in [0.3, 0.4) is 0 Å². The summed E-state index contributed by atoms with van der Waals surface area (Å²) >= 11 is 9.76. The van der Waals surface area contributed by atoms with Crippen molar-refractivity contribution in [2.45, 2.75) is 21.0 Å². The Kier molecular flexibility index (Phi) is 6.74. The van der Waals surface area contributed by atoms with E-state index in [2.05, 4.69) is 4.98 Å². The largest absolute Gasteiger partial charge is 0.417 e. The van der Waals surface area contributed by atoms with Crippen LogP contribution in [0.15, 0.2) is 80.9 Å². The van der Waals surface area contributed by atoms with Crippen molar-refractivity contribution in [2.75, 3.05) is 10.7 Å². The van der Waals surface area contributed by atoms with E-state index in [4.69, 9.17) is 11.6 Å². The maximum Gasteiger partial charge on any atom is 0.417 e. The molecule has 3 heterocycles. The van der Waals surface area contributed by atoms with Gasteiger partial charge in [-0.15, -0.1) is 11.3 Å². The minimum atomic E-state index is -4.75. The maximum absolute atomic E-state index is 13.8. The van der Waals surface area contributed by atoms with Crippen LogP contribution < -0.4 is 4.90 Å². The molecular weight excluding hydrogens is 547 g/mol. The summed E-state index contributed by atoms with van der Waals surface area (Å²) in [7, 11) is 0. The van der Waals surface area contributed by atoms with Crippen molar-refractivity contribution in [1.29, 1.82) is 5.26 Å². The van der Waals surface area contributed by atoms with Crippen LogP contribution in [0.4, 0.5) is 24.5 Å². The predicted molar refractivity (Wildman–Crippen MR) is 137 cm³/mol. The predicted octanol–water partition coefficient (Wildman–Crippen LogP) is 8.28. The molecule has 0 aliphatic carbocycles. The highest BCUT2D eigenvalue weighted by atomic mass is 35.5. The number of amides is 1. The zero-order valence-corrected chi connectivity index (χ0v) is 21.2. The van der Waals surface area contributed by atoms with Crippen LogP contribution in [0.2, 0.25) is 5.02 Å². The second kappa shape index (κ2) is 9.82. The standard InChI is InChI=1S/C25H13ClF3N3OS3/c26-14-7-8-22-19(10-14)32(18-4-1-2-5-21(18)36-22)23(33)13-35-24-15(12-30)16(25(27,28)29)11-17(31-24)20-6-3-9-34-20/h1-11H,13H2. The molecule has 4 aromatic rings. The molecule has 4 nitrogen and oxygen atoms in total. The van der Waals surface area contributed by atoms with Gasteiger partial charge in [-0.3, -0.25) is 9.69 Å². The number of rotatable bonds is 4. The Labute approximate surface area is 221 Å². The Hall–Kier alpha value is -2.97. The second-order valence-corrected chi connectivity index (χ2v) is 11.0. The van der Waals surface area contributed by atoms with Crippen molar-refractivity contribution in [3.05, 3.63) is 82.2 Å². The van der Waals surface area contributed by atoms with E-state index in [9.17, 15) is 23.2 Å². The zero-order chi connectivity index (χ0) is 25.4. The number of thiophene rings is 1. The van der Waals surface area contributed by atoms with Gasteiger partial charge in [0.25, 0.3) is 0 Å². The molecule has 2 aromatic heterocycles. The molecule has 0 bridgehead atoms. The lowest BCUT2D eigenvalue weighted by Crippen LogP contribution is -2.30. The average Bonchev–Trinajstić information content (AvgIpc) is 3.40. The van der Waals surface area contributed by atoms with Gasteiger partial charge in [-0.2, -0.15) is 18.4 Å². The number of nitriles is 1. The van der Waals surface area contributed by atoms with E-state index in [1.54, 1.807) is 47.8 Å². The summed E-state index contributed by atoms with van der Waals surface area (Å²) in [5.74, 6) is -0.616. The topological polar surface area (TPSA) is 57.0 Å². The molecule has 2 aromatic carbocycles. The monoisotopic (exact) mass is 559 g/mol. The van der Waals surface area contributed by atoms with E-state index in [0.717, 1.165) is 27.6 Å². The van der Waals surface area contributed by atoms with Gasteiger partial charge in [-0.25, -0.2) is 4.98 Å². The number of carbonyl (C=O) groups is 1. The van der Waals surface area contributed by atoms with E-state index in [0.29, 0.717) is 21.3 Å². The fourth-order valence-corrected chi connectivity index (χ4v) is 6.44. The molecule has 180 valence electrons. The summed E-state index contributed by atoms with van der Waals surface area (Å²) in [5.41, 5.74) is -0.329. The molecule has 1 amide bonds. The van der Waals surface area contributed by atoms with E-state index in [1.807, 2.05) is 18.2 Å². The number of halogens is 4. The van der Waals surface area contributed by atoms with Gasteiger partial charge < -0.3 is 0 Å². The molecule has 0 atom stereocenters. The Morgan fingerprint density at radius 3 is 2.58 bits per heavy atom. The van der Waals surface area contributed by atoms with Crippen LogP contribution in [0.1, 0.15) is 11.1 Å². The minimum absolute atomic E-state index is 0.100. The Morgan fingerprint density at radius 1 is 1.08 bits per heavy atom. The first-order chi connectivity index (χ1) is 17.3. The third kappa shape index (κ3) is 4.72. The molecule has 1 aliphatic heterocycles. The van der Waals surface area contributed by atoms with Gasteiger partial charge in [0.2, 0.25) is 5.91 Å². The first kappa shape index (κ1) is 24.7. The third-order valence-corrected chi connectivity index (χ3v) is 8.46. The van der Waals surface area contributed by atoms with E-state index in [1.165, 1.54) is 28.0 Å². The summed E-state index contributed by atoms with van der Waals surface area (Å²) in [6.45, 7) is 0. The molecule has 0 N–H and O–H groups in total. The number of fused-ring (bicyclic) bond motifs is 2. The van der Waals surface area contributed by atoms with Crippen molar-refractivity contribution in [2.24, 2.45) is 0 Å². The average molecular weight is 560 g/mol. The molecule has 5 rings (SSSR count). The van der Waals surface area contributed by atoms with Crippen LogP contribution in [0, 0.1) is 11.3 Å². The third-order valence-electron chi connectivity index (χ3n) is 5.25. The van der Waals surface area contributed by atoms with Crippen molar-refractivity contribution < 1.29 is 18.0 Å². The summed E-state index contributed by atoms with van der Waals surface area (Å²) in [4.78, 5) is 21.6. The number of anilines is 2. The van der Waals surface area contributed by atoms with Crippen molar-refractivity contribution in [3.63, 3.8) is 0 Å². The molecule has 1 aliphatic rings. The quantitative estimate of drug-likeness (QED) is 0.235. The molecule has 0 saturated heterocycles. The fourth-order valence-electron chi connectivity index (χ4n) is 3.70. The highest BCUT2D eigenvalue weighted by Gasteiger charge is 2.36. The SMILES string of the molecule is N#Cc1c(C(F)(F)F)cc(-c2cccs2)nc1SCC(=O)N1c2ccccc2Sc2ccc(Cl)cc21. The molecular formula is C25H13ClF3N3OS3. The van der Waals surface area contributed by atoms with Crippen LogP contribution in [-0.4, -0.2) is 16.6 Å². The Morgan fingerprint density at radius 2 is 1.86 bits per heavy atom. The molecule has 0 unspecified atom stereocenters. The van der Waals surface area contributed by atoms with Gasteiger partial charge in [-0.05, 0) is 47.8 Å². The lowest BCUT2D eigenvalue weighted by Gasteiger charge is -2.31. The molecule has 0 saturated carbocycles. The number of pyridine rings is 1. The van der Waals surface area contributed by atoms with E-state index < -0.39 is 17.3 Å². The van der Waals surface area contributed by atoms with Crippen molar-refractivity contribution >= 4 is 63.7 Å². The lowest BCUT2D eigenvalue weighted by atomic mass is 10.1. The summed E-state index contributed by atoms with van der Waals surface area (Å²) < 4.78 is 41.5. The van der Waals surface area contributed by atoms with Gasteiger partial charge in [0.1, 0.15) is 11.1 Å². The second-order valence-electron chi connectivity index (χ2n) is 7.52. The smallest absolute Gasteiger partial charge is 0.278 e. The molecule has 36 heavy (non-hydrogen) atoms. The van der Waals surface area contributed by atoms with Crippen LogP contribution in [0.25, 0.3) is 10.6 Å². The zero-order valence-electron chi connectivity index (χ0n) is 18.0. The minimum Gasteiger partial charge on any atom is -0.278 e. The van der Waals surface area contributed by atoms with Crippen molar-refractivity contribution in [3.8, 4) is 16.6 Å². The van der Waals surface area contributed by atoms with Crippen molar-refractivity contribution in [1.82, 2.24) is 4.98 Å². The number of hydrogen-bond acceptors (Lipinski definition) is 6. The number of carbonyl (C=O) groups excluding carboxylic acids is 1. The van der Waals surface area contributed by atoms with Gasteiger partial charge in [0.15, 0.2) is 0 Å². The molecule has 0 spiro atoms. The van der Waals surface area contributed by atoms with Crippen LogP contribution in [0.5, 0.6) is 0 Å². The highest BCUT2D eigenvalue weighted by molar-refractivity contribution is 8.00. The number of thioether (sulfide) groups is 1. The highest BCUT2D eigenvalue weighted by Crippen LogP contribution is 2.49. The van der Waals surface area contributed by atoms with E-state index in [-0.39, 0.29) is 22.4 Å². The lowest BCUT2D eigenvalue weighted by molar-refractivity contribution is -0.138. The summed E-state index contributed by atoms with van der Waals surface area (Å²) in [5, 5.41) is 11.6.